The van der Waals surface area contributed by atoms with Crippen molar-refractivity contribution in [1.82, 2.24) is 14.9 Å². The molecule has 1 amide bonds. The molecule has 144 valence electrons. The van der Waals surface area contributed by atoms with Gasteiger partial charge in [-0.05, 0) is 29.8 Å². The number of carbonyl (C=O) groups excluding carboxylic acids is 1. The molecule has 8 heteroatoms. The molecule has 1 unspecified atom stereocenters. The van der Waals surface area contributed by atoms with Gasteiger partial charge in [0.2, 0.25) is 5.95 Å². The number of hydrogen-bond donors (Lipinski definition) is 2. The second-order valence-corrected chi connectivity index (χ2v) is 7.09. The molecule has 2 N–H and O–H groups in total. The molecule has 2 aromatic carbocycles. The van der Waals surface area contributed by atoms with Gasteiger partial charge in [-0.3, -0.25) is 9.69 Å². The first-order chi connectivity index (χ1) is 13.7. The summed E-state index contributed by atoms with van der Waals surface area (Å²) in [5.41, 5.74) is 3.61. The number of alkyl halides is 1. The topological polar surface area (TPSA) is 73.5 Å². The number of halogens is 1. The molecule has 0 saturated carbocycles. The van der Waals surface area contributed by atoms with E-state index in [0.29, 0.717) is 11.4 Å². The largest absolute Gasteiger partial charge is 0.450 e. The third-order valence-corrected chi connectivity index (χ3v) is 5.19. The zero-order valence-electron chi connectivity index (χ0n) is 15.2. The monoisotopic (exact) mass is 381 g/mol. The van der Waals surface area contributed by atoms with Crippen LogP contribution in [-0.4, -0.2) is 53.3 Å². The van der Waals surface area contributed by atoms with Gasteiger partial charge in [-0.15, -0.1) is 0 Å². The number of ether oxygens (including phenoxy) is 1. The number of aromatic amines is 1. The standard InChI is InChI=1S/C20H20FN5O2/c21-18-19(27)22-16-11-13(5-6-17(16)28-18)12-25-7-9-26(10-8-25)20-23-14-3-1-2-4-15(14)24-20/h1-6,11,18H,7-10,12H2,(H,22,27)(H,23,24). The minimum atomic E-state index is -1.94. The van der Waals surface area contributed by atoms with Gasteiger partial charge in [0, 0.05) is 32.7 Å². The lowest BCUT2D eigenvalue weighted by molar-refractivity contribution is -0.130. The molecule has 1 fully saturated rings. The number of para-hydroxylation sites is 2. The molecule has 28 heavy (non-hydrogen) atoms. The number of hydrogen-bond acceptors (Lipinski definition) is 5. The van der Waals surface area contributed by atoms with E-state index in [1.54, 1.807) is 6.07 Å². The Morgan fingerprint density at radius 1 is 1.14 bits per heavy atom. The van der Waals surface area contributed by atoms with Crippen LogP contribution in [0.15, 0.2) is 42.5 Å². The maximum Gasteiger partial charge on any atom is 0.317 e. The third-order valence-electron chi connectivity index (χ3n) is 5.19. The van der Waals surface area contributed by atoms with Gasteiger partial charge in [-0.1, -0.05) is 18.2 Å². The maximum absolute atomic E-state index is 13.3. The van der Waals surface area contributed by atoms with Crippen molar-refractivity contribution >= 4 is 28.6 Å². The Morgan fingerprint density at radius 3 is 2.79 bits per heavy atom. The number of nitrogens with zero attached hydrogens (tertiary/aromatic N) is 3. The number of carbonyl (C=O) groups is 1. The highest BCUT2D eigenvalue weighted by Gasteiger charge is 2.27. The van der Waals surface area contributed by atoms with Crippen LogP contribution in [0.1, 0.15) is 5.56 Å². The van der Waals surface area contributed by atoms with Gasteiger partial charge >= 0.3 is 6.36 Å². The van der Waals surface area contributed by atoms with E-state index < -0.39 is 12.3 Å². The molecular weight excluding hydrogens is 361 g/mol. The van der Waals surface area contributed by atoms with Crippen LogP contribution in [0.5, 0.6) is 5.75 Å². The van der Waals surface area contributed by atoms with Gasteiger partial charge in [0.25, 0.3) is 5.91 Å². The summed E-state index contributed by atoms with van der Waals surface area (Å²) in [5.74, 6) is 0.518. The minimum absolute atomic E-state index is 0.366. The van der Waals surface area contributed by atoms with Crippen LogP contribution < -0.4 is 15.0 Å². The van der Waals surface area contributed by atoms with Crippen LogP contribution in [0.4, 0.5) is 16.0 Å². The molecule has 1 saturated heterocycles. The number of aromatic nitrogens is 2. The molecule has 3 aromatic rings. The van der Waals surface area contributed by atoms with Crippen molar-refractivity contribution in [3.63, 3.8) is 0 Å². The smallest absolute Gasteiger partial charge is 0.317 e. The lowest BCUT2D eigenvalue weighted by Crippen LogP contribution is -2.46. The average molecular weight is 381 g/mol. The Balaban J connectivity index is 1.23. The highest BCUT2D eigenvalue weighted by atomic mass is 19.1. The normalized spacial score (nSPS) is 20.0. The molecule has 0 aliphatic carbocycles. The molecule has 7 nitrogen and oxygen atoms in total. The Labute approximate surface area is 161 Å². The number of rotatable bonds is 3. The molecule has 3 heterocycles. The van der Waals surface area contributed by atoms with E-state index in [9.17, 15) is 9.18 Å². The molecule has 2 aliphatic heterocycles. The molecule has 5 rings (SSSR count). The summed E-state index contributed by atoms with van der Waals surface area (Å²) in [5, 5.41) is 2.55. The van der Waals surface area contributed by atoms with E-state index in [-0.39, 0.29) is 0 Å². The van der Waals surface area contributed by atoms with Crippen molar-refractivity contribution in [3.05, 3.63) is 48.0 Å². The van der Waals surface area contributed by atoms with Crippen LogP contribution in [0, 0.1) is 0 Å². The molecule has 0 radical (unpaired) electrons. The second-order valence-electron chi connectivity index (χ2n) is 7.09. The first-order valence-corrected chi connectivity index (χ1v) is 9.32. The summed E-state index contributed by atoms with van der Waals surface area (Å²) >= 11 is 0. The molecule has 1 aromatic heterocycles. The van der Waals surface area contributed by atoms with E-state index in [1.807, 2.05) is 36.4 Å². The van der Waals surface area contributed by atoms with Crippen molar-refractivity contribution in [2.75, 3.05) is 36.4 Å². The number of H-pyrrole nitrogens is 1. The number of benzene rings is 2. The fourth-order valence-corrected chi connectivity index (χ4v) is 3.70. The lowest BCUT2D eigenvalue weighted by Gasteiger charge is -2.34. The van der Waals surface area contributed by atoms with E-state index in [1.165, 1.54) is 0 Å². The van der Waals surface area contributed by atoms with E-state index in [2.05, 4.69) is 25.1 Å². The van der Waals surface area contributed by atoms with Gasteiger partial charge < -0.3 is 19.9 Å². The van der Waals surface area contributed by atoms with Crippen LogP contribution in [0.2, 0.25) is 0 Å². The summed E-state index contributed by atoms with van der Waals surface area (Å²) in [4.78, 5) is 24.1. The van der Waals surface area contributed by atoms with Gasteiger partial charge in [0.05, 0.1) is 16.7 Å². The number of piperazine rings is 1. The fraction of sp³-hybridized carbons (Fsp3) is 0.300. The van der Waals surface area contributed by atoms with Crippen LogP contribution in [-0.2, 0) is 11.3 Å². The highest BCUT2D eigenvalue weighted by molar-refractivity contribution is 5.96. The second kappa shape index (κ2) is 6.79. The van der Waals surface area contributed by atoms with Crippen LogP contribution in [0.3, 0.4) is 0 Å². The predicted octanol–water partition coefficient (Wildman–Crippen LogP) is 2.51. The van der Waals surface area contributed by atoms with Gasteiger partial charge in [-0.25, -0.2) is 4.98 Å². The fourth-order valence-electron chi connectivity index (χ4n) is 3.70. The molecule has 0 bridgehead atoms. The molecule has 1 atom stereocenters. The Morgan fingerprint density at radius 2 is 1.96 bits per heavy atom. The van der Waals surface area contributed by atoms with Crippen LogP contribution >= 0.6 is 0 Å². The molecule has 2 aliphatic rings. The van der Waals surface area contributed by atoms with Crippen molar-refractivity contribution in [2.24, 2.45) is 0 Å². The number of anilines is 2. The summed E-state index contributed by atoms with van der Waals surface area (Å²) in [6, 6.07) is 13.5. The van der Waals surface area contributed by atoms with Gasteiger partial charge in [0.15, 0.2) is 0 Å². The first-order valence-electron chi connectivity index (χ1n) is 9.32. The quantitative estimate of drug-likeness (QED) is 0.729. The van der Waals surface area contributed by atoms with Crippen molar-refractivity contribution in [3.8, 4) is 5.75 Å². The van der Waals surface area contributed by atoms with Crippen molar-refractivity contribution in [2.45, 2.75) is 12.9 Å². The summed E-state index contributed by atoms with van der Waals surface area (Å²) < 4.78 is 18.3. The van der Waals surface area contributed by atoms with Gasteiger partial charge in [0.1, 0.15) is 5.75 Å². The van der Waals surface area contributed by atoms with E-state index in [0.717, 1.165) is 55.3 Å². The first kappa shape index (κ1) is 17.0. The number of nitrogens with one attached hydrogen (secondary N) is 2. The molecule has 0 spiro atoms. The van der Waals surface area contributed by atoms with Crippen molar-refractivity contribution in [1.29, 1.82) is 0 Å². The number of amides is 1. The summed E-state index contributed by atoms with van der Waals surface area (Å²) in [7, 11) is 0. The van der Waals surface area contributed by atoms with Gasteiger partial charge in [-0.2, -0.15) is 4.39 Å². The highest BCUT2D eigenvalue weighted by Crippen LogP contribution is 2.31. The van der Waals surface area contributed by atoms with Crippen molar-refractivity contribution < 1.29 is 13.9 Å². The zero-order valence-corrected chi connectivity index (χ0v) is 15.2. The summed E-state index contributed by atoms with van der Waals surface area (Å²) in [6.07, 6.45) is -1.94. The summed E-state index contributed by atoms with van der Waals surface area (Å²) in [6.45, 7) is 4.34. The maximum atomic E-state index is 13.3. The molecular formula is C20H20FN5O2. The minimum Gasteiger partial charge on any atom is -0.450 e. The number of fused-ring (bicyclic) bond motifs is 2. The zero-order chi connectivity index (χ0) is 19.1. The predicted molar refractivity (Wildman–Crippen MR) is 104 cm³/mol. The lowest BCUT2D eigenvalue weighted by atomic mass is 10.1. The SMILES string of the molecule is O=C1Nc2cc(CN3CCN(c4nc5ccccc5[nH]4)CC3)ccc2OC1F. The average Bonchev–Trinajstić information content (AvgIpc) is 3.14. The Kier molecular flexibility index (Phi) is 4.12. The number of imidazole rings is 1. The van der Waals surface area contributed by atoms with Crippen LogP contribution in [0.25, 0.3) is 11.0 Å². The van der Waals surface area contributed by atoms with E-state index in [4.69, 9.17) is 4.74 Å². The Hall–Kier alpha value is -3.13. The Bertz CT molecular complexity index is 995. The van der Waals surface area contributed by atoms with E-state index >= 15 is 0 Å². The third kappa shape index (κ3) is 3.16.